The van der Waals surface area contributed by atoms with Crippen LogP contribution in [0.3, 0.4) is 0 Å². The predicted octanol–water partition coefficient (Wildman–Crippen LogP) is -2.32. The average Bonchev–Trinajstić information content (AvgIpc) is 2.17. The van der Waals surface area contributed by atoms with E-state index >= 15 is 0 Å². The van der Waals surface area contributed by atoms with Crippen molar-refractivity contribution in [1.29, 1.82) is 0 Å². The molecule has 0 spiro atoms. The maximum Gasteiger partial charge on any atom is 1.00 e. The van der Waals surface area contributed by atoms with Gasteiger partial charge in [-0.2, -0.15) is 0 Å². The average molecular weight is 137 g/mol. The van der Waals surface area contributed by atoms with Crippen LogP contribution in [0.25, 0.3) is 0 Å². The van der Waals surface area contributed by atoms with Gasteiger partial charge in [-0.05, 0) is 31.3 Å². The third-order valence-corrected chi connectivity index (χ3v) is 1.88. The van der Waals surface area contributed by atoms with Crippen LogP contribution in [0.5, 0.6) is 0 Å². The predicted molar refractivity (Wildman–Crippen MR) is 30.9 cm³/mol. The summed E-state index contributed by atoms with van der Waals surface area (Å²) in [5, 5.41) is 3.32. The van der Waals surface area contributed by atoms with Crippen molar-refractivity contribution < 1.29 is 51.4 Å². The first-order valence-electron chi connectivity index (χ1n) is 2.67. The summed E-state index contributed by atoms with van der Waals surface area (Å²) in [6.45, 7) is 2.62. The van der Waals surface area contributed by atoms with E-state index in [9.17, 15) is 0 Å². The molecule has 1 aliphatic carbocycles. The van der Waals surface area contributed by atoms with Crippen LogP contribution in [-0.2, 0) is 0 Å². The molecule has 1 saturated carbocycles. The third kappa shape index (κ3) is 1.79. The zero-order chi connectivity index (χ0) is 3.98. The molecule has 0 aromatic rings. The van der Waals surface area contributed by atoms with E-state index in [0.717, 1.165) is 11.8 Å². The normalized spacial score (nSPS) is 39.0. The Morgan fingerprint density at radius 1 is 1.12 bits per heavy atom. The topological polar surface area (TPSA) is 12.0 Å². The number of nitrogens with one attached hydrogen (secondary N) is 1. The summed E-state index contributed by atoms with van der Waals surface area (Å²) in [6, 6.07) is 0. The van der Waals surface area contributed by atoms with Gasteiger partial charge in [0.05, 0.1) is 0 Å². The SMILES string of the molecule is C1NCC2CC12.[CH3-].[K+]. The van der Waals surface area contributed by atoms with Crippen LogP contribution in [0.4, 0.5) is 0 Å². The van der Waals surface area contributed by atoms with Gasteiger partial charge in [-0.15, -0.1) is 0 Å². The second-order valence-electron chi connectivity index (χ2n) is 2.41. The van der Waals surface area contributed by atoms with Crippen molar-refractivity contribution in [2.75, 3.05) is 13.1 Å². The molecule has 1 nitrogen and oxygen atoms in total. The Bertz CT molecular complexity index is 66.9. The van der Waals surface area contributed by atoms with Gasteiger partial charge >= 0.3 is 51.4 Å². The van der Waals surface area contributed by atoms with Gasteiger partial charge in [-0.1, -0.05) is 0 Å². The summed E-state index contributed by atoms with van der Waals surface area (Å²) in [7, 11) is 0. The molecule has 1 N–H and O–H groups in total. The van der Waals surface area contributed by atoms with Crippen LogP contribution < -0.4 is 56.7 Å². The number of hydrogen-bond acceptors (Lipinski definition) is 1. The molecule has 0 radical (unpaired) electrons. The quantitative estimate of drug-likeness (QED) is 0.292. The first-order chi connectivity index (χ1) is 2.97. The number of rotatable bonds is 0. The molecule has 0 aromatic carbocycles. The fraction of sp³-hybridized carbons (Fsp3) is 0.833. The van der Waals surface area contributed by atoms with Crippen LogP contribution in [0.1, 0.15) is 6.42 Å². The zero-order valence-electron chi connectivity index (χ0n) is 5.78. The zero-order valence-corrected chi connectivity index (χ0v) is 8.90. The van der Waals surface area contributed by atoms with E-state index in [1.807, 2.05) is 0 Å². The van der Waals surface area contributed by atoms with Gasteiger partial charge < -0.3 is 12.7 Å². The standard InChI is InChI=1S/C5H9N.CH3.K/c1-4-2-6-3-5(1)4;;/h4-6H,1-3H2;1H3;/q;-1;+1. The molecule has 2 atom stereocenters. The number of piperidine rings is 1. The molecule has 1 heterocycles. The van der Waals surface area contributed by atoms with E-state index in [0.29, 0.717) is 0 Å². The Labute approximate surface area is 94.0 Å². The maximum atomic E-state index is 3.32. The molecule has 8 heavy (non-hydrogen) atoms. The molecule has 1 saturated heterocycles. The molecule has 0 bridgehead atoms. The second-order valence-corrected chi connectivity index (χ2v) is 2.41. The first-order valence-corrected chi connectivity index (χ1v) is 2.67. The van der Waals surface area contributed by atoms with Gasteiger partial charge in [0.1, 0.15) is 0 Å². The minimum absolute atomic E-state index is 0. The molecule has 2 fully saturated rings. The van der Waals surface area contributed by atoms with Crippen molar-refractivity contribution in [3.8, 4) is 0 Å². The Kier molecular flexibility index (Phi) is 4.42. The monoisotopic (exact) mass is 137 g/mol. The van der Waals surface area contributed by atoms with Crippen molar-refractivity contribution in [3.63, 3.8) is 0 Å². The molecule has 2 unspecified atom stereocenters. The van der Waals surface area contributed by atoms with E-state index in [1.54, 1.807) is 0 Å². The molecule has 0 aromatic heterocycles. The summed E-state index contributed by atoms with van der Waals surface area (Å²) >= 11 is 0. The number of hydrogen-bond donors (Lipinski definition) is 1. The molecule has 1 aliphatic heterocycles. The van der Waals surface area contributed by atoms with E-state index < -0.39 is 0 Å². The molecule has 2 aliphatic rings. The Morgan fingerprint density at radius 2 is 1.62 bits per heavy atom. The Hall–Kier alpha value is 1.60. The molecule has 0 amide bonds. The number of fused-ring (bicyclic) bond motifs is 1. The van der Waals surface area contributed by atoms with Crippen molar-refractivity contribution >= 4 is 0 Å². The largest absolute Gasteiger partial charge is 1.00 e. The van der Waals surface area contributed by atoms with Crippen molar-refractivity contribution in [1.82, 2.24) is 5.32 Å². The molecular formula is C6H12KN. The summed E-state index contributed by atoms with van der Waals surface area (Å²) in [5.41, 5.74) is 0. The second kappa shape index (κ2) is 3.69. The summed E-state index contributed by atoms with van der Waals surface area (Å²) in [4.78, 5) is 0. The van der Waals surface area contributed by atoms with Gasteiger partial charge in [-0.3, -0.25) is 0 Å². The molecular weight excluding hydrogens is 125 g/mol. The smallest absolute Gasteiger partial charge is 0.358 e. The fourth-order valence-electron chi connectivity index (χ4n) is 1.26. The summed E-state index contributed by atoms with van der Waals surface area (Å²) in [6.07, 6.45) is 1.52. The van der Waals surface area contributed by atoms with Crippen molar-refractivity contribution in [3.05, 3.63) is 7.43 Å². The van der Waals surface area contributed by atoms with E-state index in [-0.39, 0.29) is 58.8 Å². The van der Waals surface area contributed by atoms with Gasteiger partial charge in [0.15, 0.2) is 0 Å². The fourth-order valence-corrected chi connectivity index (χ4v) is 1.26. The van der Waals surface area contributed by atoms with Crippen LogP contribution >= 0.6 is 0 Å². The molecule has 2 rings (SSSR count). The van der Waals surface area contributed by atoms with Crippen LogP contribution in [0.15, 0.2) is 0 Å². The van der Waals surface area contributed by atoms with Gasteiger partial charge in [0.25, 0.3) is 0 Å². The summed E-state index contributed by atoms with van der Waals surface area (Å²) < 4.78 is 0. The maximum absolute atomic E-state index is 3.32. The van der Waals surface area contributed by atoms with Crippen LogP contribution in [0.2, 0.25) is 0 Å². The van der Waals surface area contributed by atoms with Gasteiger partial charge in [-0.25, -0.2) is 0 Å². The van der Waals surface area contributed by atoms with E-state index in [2.05, 4.69) is 5.32 Å². The minimum atomic E-state index is 0. The van der Waals surface area contributed by atoms with E-state index in [1.165, 1.54) is 19.5 Å². The van der Waals surface area contributed by atoms with Crippen molar-refractivity contribution in [2.45, 2.75) is 6.42 Å². The van der Waals surface area contributed by atoms with Crippen LogP contribution in [0, 0.1) is 19.3 Å². The molecule has 42 valence electrons. The minimum Gasteiger partial charge on any atom is -0.358 e. The first kappa shape index (κ1) is 9.60. The van der Waals surface area contributed by atoms with Gasteiger partial charge in [0, 0.05) is 0 Å². The summed E-state index contributed by atoms with van der Waals surface area (Å²) in [5.74, 6) is 2.20. The third-order valence-electron chi connectivity index (χ3n) is 1.88. The van der Waals surface area contributed by atoms with Crippen molar-refractivity contribution in [2.24, 2.45) is 11.8 Å². The Morgan fingerprint density at radius 3 is 1.75 bits per heavy atom. The van der Waals surface area contributed by atoms with E-state index in [4.69, 9.17) is 0 Å². The van der Waals surface area contributed by atoms with Crippen LogP contribution in [-0.4, -0.2) is 13.1 Å². The molecule has 2 heteroatoms. The Balaban J connectivity index is 0.000000245. The van der Waals surface area contributed by atoms with Gasteiger partial charge in [0.2, 0.25) is 0 Å².